The van der Waals surface area contributed by atoms with E-state index in [-0.39, 0.29) is 5.92 Å². The number of nitrogens with zero attached hydrogens (tertiary/aromatic N) is 7. The van der Waals surface area contributed by atoms with Crippen molar-refractivity contribution in [2.45, 2.75) is 26.7 Å². The summed E-state index contributed by atoms with van der Waals surface area (Å²) in [6.45, 7) is 8.69. The van der Waals surface area contributed by atoms with Crippen LogP contribution in [0.4, 0.5) is 11.6 Å². The third-order valence-electron chi connectivity index (χ3n) is 5.65. The second-order valence-electron chi connectivity index (χ2n) is 7.64. The van der Waals surface area contributed by atoms with Gasteiger partial charge in [0.25, 0.3) is 0 Å². The largest absolute Gasteiger partial charge is 0.355 e. The van der Waals surface area contributed by atoms with Crippen LogP contribution in [0.5, 0.6) is 0 Å². The lowest BCUT2D eigenvalue weighted by Gasteiger charge is -2.39. The maximum absolute atomic E-state index is 13.0. The van der Waals surface area contributed by atoms with Crippen LogP contribution in [0.3, 0.4) is 0 Å². The third-order valence-corrected chi connectivity index (χ3v) is 5.65. The Morgan fingerprint density at radius 3 is 1.71 bits per heavy atom. The van der Waals surface area contributed by atoms with Gasteiger partial charge in [-0.3, -0.25) is 4.79 Å². The molecule has 0 radical (unpaired) electrons. The highest BCUT2D eigenvalue weighted by atomic mass is 16.2. The molecule has 1 amide bonds. The SMILES string of the molecule is Cc1ccc(N2CCC(C(=O)N3CCN(c4ccc(C)nn4)CC3)CC2)nn1. The van der Waals surface area contributed by atoms with Crippen molar-refractivity contribution in [3.8, 4) is 0 Å². The van der Waals surface area contributed by atoms with Gasteiger partial charge in [0.05, 0.1) is 11.4 Å². The van der Waals surface area contributed by atoms with Crippen molar-refractivity contribution >= 4 is 17.5 Å². The summed E-state index contributed by atoms with van der Waals surface area (Å²) in [5, 5.41) is 16.8. The van der Waals surface area contributed by atoms with E-state index in [1.54, 1.807) is 0 Å². The monoisotopic (exact) mass is 381 g/mol. The Morgan fingerprint density at radius 1 is 0.750 bits per heavy atom. The van der Waals surface area contributed by atoms with Crippen LogP contribution >= 0.6 is 0 Å². The molecule has 0 aliphatic carbocycles. The van der Waals surface area contributed by atoms with E-state index in [1.807, 2.05) is 43.0 Å². The van der Waals surface area contributed by atoms with Gasteiger partial charge in [0.2, 0.25) is 5.91 Å². The number of rotatable bonds is 3. The second-order valence-corrected chi connectivity index (χ2v) is 7.64. The molecule has 0 N–H and O–H groups in total. The standard InChI is InChI=1S/C20H27N7O/c1-15-3-5-18(23-21-15)25-9-7-17(8-10-25)20(28)27-13-11-26(12-14-27)19-6-4-16(2)22-24-19/h3-6,17H,7-14H2,1-2H3. The number of piperazine rings is 1. The van der Waals surface area contributed by atoms with Crippen molar-refractivity contribution in [3.63, 3.8) is 0 Å². The zero-order valence-corrected chi connectivity index (χ0v) is 16.6. The predicted molar refractivity (Wildman–Crippen MR) is 107 cm³/mol. The summed E-state index contributed by atoms with van der Waals surface area (Å²) in [6, 6.07) is 7.98. The summed E-state index contributed by atoms with van der Waals surface area (Å²) in [5.74, 6) is 2.21. The summed E-state index contributed by atoms with van der Waals surface area (Å²) < 4.78 is 0. The van der Waals surface area contributed by atoms with Crippen LogP contribution < -0.4 is 9.80 Å². The van der Waals surface area contributed by atoms with Gasteiger partial charge in [-0.05, 0) is 51.0 Å². The van der Waals surface area contributed by atoms with Crippen LogP contribution in [0.2, 0.25) is 0 Å². The molecular weight excluding hydrogens is 354 g/mol. The fourth-order valence-corrected chi connectivity index (χ4v) is 3.89. The molecule has 2 aromatic heterocycles. The fourth-order valence-electron chi connectivity index (χ4n) is 3.89. The molecule has 28 heavy (non-hydrogen) atoms. The van der Waals surface area contributed by atoms with E-state index in [0.717, 1.165) is 75.1 Å². The lowest BCUT2D eigenvalue weighted by atomic mass is 9.95. The Bertz CT molecular complexity index is 725. The van der Waals surface area contributed by atoms with E-state index in [4.69, 9.17) is 0 Å². The van der Waals surface area contributed by atoms with Gasteiger partial charge in [0.15, 0.2) is 11.6 Å². The van der Waals surface area contributed by atoms with Gasteiger partial charge in [-0.2, -0.15) is 10.2 Å². The summed E-state index contributed by atoms with van der Waals surface area (Å²) in [4.78, 5) is 19.4. The number of hydrogen-bond acceptors (Lipinski definition) is 7. The van der Waals surface area contributed by atoms with Crippen molar-refractivity contribution in [1.82, 2.24) is 25.3 Å². The van der Waals surface area contributed by atoms with Gasteiger partial charge in [-0.15, -0.1) is 10.2 Å². The first-order chi connectivity index (χ1) is 13.6. The lowest BCUT2D eigenvalue weighted by Crippen LogP contribution is -2.52. The minimum absolute atomic E-state index is 0.111. The maximum Gasteiger partial charge on any atom is 0.225 e. The molecule has 2 aliphatic rings. The van der Waals surface area contributed by atoms with E-state index < -0.39 is 0 Å². The topological polar surface area (TPSA) is 78.4 Å². The zero-order valence-electron chi connectivity index (χ0n) is 16.6. The average molecular weight is 381 g/mol. The van der Waals surface area contributed by atoms with Crippen LogP contribution in [0.1, 0.15) is 24.2 Å². The number of piperidine rings is 1. The quantitative estimate of drug-likeness (QED) is 0.796. The van der Waals surface area contributed by atoms with E-state index in [9.17, 15) is 4.79 Å². The summed E-state index contributed by atoms with van der Waals surface area (Å²) >= 11 is 0. The number of hydrogen-bond donors (Lipinski definition) is 0. The third kappa shape index (κ3) is 4.05. The zero-order chi connectivity index (χ0) is 19.5. The molecule has 4 heterocycles. The number of aryl methyl sites for hydroxylation is 2. The Labute approximate surface area is 165 Å². The molecule has 0 bridgehead atoms. The normalized spacial score (nSPS) is 18.4. The van der Waals surface area contributed by atoms with Gasteiger partial charge in [-0.25, -0.2) is 0 Å². The van der Waals surface area contributed by atoms with Gasteiger partial charge >= 0.3 is 0 Å². The molecule has 0 atom stereocenters. The Hall–Kier alpha value is -2.77. The highest BCUT2D eigenvalue weighted by Crippen LogP contribution is 2.24. The van der Waals surface area contributed by atoms with Crippen LogP contribution in [0.25, 0.3) is 0 Å². The van der Waals surface area contributed by atoms with Crippen LogP contribution in [0.15, 0.2) is 24.3 Å². The molecule has 0 spiro atoms. The van der Waals surface area contributed by atoms with Gasteiger partial charge in [0.1, 0.15) is 0 Å². The Morgan fingerprint density at radius 2 is 1.25 bits per heavy atom. The number of aromatic nitrogens is 4. The van der Waals surface area contributed by atoms with Crippen molar-refractivity contribution in [2.75, 3.05) is 49.1 Å². The number of anilines is 2. The first kappa shape index (κ1) is 18.6. The van der Waals surface area contributed by atoms with Gasteiger partial charge < -0.3 is 14.7 Å². The summed E-state index contributed by atoms with van der Waals surface area (Å²) in [6.07, 6.45) is 1.75. The van der Waals surface area contributed by atoms with Gasteiger partial charge in [-0.1, -0.05) is 0 Å². The van der Waals surface area contributed by atoms with Crippen LogP contribution in [0, 0.1) is 19.8 Å². The van der Waals surface area contributed by atoms with Crippen molar-refractivity contribution in [1.29, 1.82) is 0 Å². The first-order valence-electron chi connectivity index (χ1n) is 9.99. The Kier molecular flexibility index (Phi) is 5.36. The molecule has 2 aliphatic heterocycles. The van der Waals surface area contributed by atoms with Crippen molar-refractivity contribution in [2.24, 2.45) is 5.92 Å². The molecule has 2 fully saturated rings. The molecule has 2 aromatic rings. The summed E-state index contributed by atoms with van der Waals surface area (Å²) in [5.41, 5.74) is 1.84. The van der Waals surface area contributed by atoms with E-state index in [0.29, 0.717) is 5.91 Å². The molecule has 4 rings (SSSR count). The van der Waals surface area contributed by atoms with E-state index >= 15 is 0 Å². The predicted octanol–water partition coefficient (Wildman–Crippen LogP) is 1.45. The summed E-state index contributed by atoms with van der Waals surface area (Å²) in [7, 11) is 0. The second kappa shape index (κ2) is 8.08. The number of amides is 1. The molecular formula is C20H27N7O. The highest BCUT2D eigenvalue weighted by molar-refractivity contribution is 5.79. The van der Waals surface area contributed by atoms with Crippen molar-refractivity contribution < 1.29 is 4.79 Å². The minimum Gasteiger partial charge on any atom is -0.355 e. The molecule has 0 saturated carbocycles. The molecule has 8 heteroatoms. The van der Waals surface area contributed by atoms with Gasteiger partial charge in [0, 0.05) is 45.2 Å². The molecule has 2 saturated heterocycles. The maximum atomic E-state index is 13.0. The first-order valence-corrected chi connectivity index (χ1v) is 9.99. The van der Waals surface area contributed by atoms with Crippen LogP contribution in [-0.4, -0.2) is 70.5 Å². The van der Waals surface area contributed by atoms with Crippen molar-refractivity contribution in [3.05, 3.63) is 35.7 Å². The molecule has 0 unspecified atom stereocenters. The van der Waals surface area contributed by atoms with E-state index in [2.05, 4.69) is 30.2 Å². The Balaban J connectivity index is 1.28. The van der Waals surface area contributed by atoms with E-state index in [1.165, 1.54) is 0 Å². The highest BCUT2D eigenvalue weighted by Gasteiger charge is 2.31. The number of carbonyl (C=O) groups is 1. The fraction of sp³-hybridized carbons (Fsp3) is 0.550. The number of carbonyl (C=O) groups excluding carboxylic acids is 1. The molecule has 8 nitrogen and oxygen atoms in total. The molecule has 0 aromatic carbocycles. The minimum atomic E-state index is 0.111. The average Bonchev–Trinajstić information content (AvgIpc) is 2.75. The lowest BCUT2D eigenvalue weighted by molar-refractivity contribution is -0.136. The molecule has 148 valence electrons. The smallest absolute Gasteiger partial charge is 0.225 e. The van der Waals surface area contributed by atoms with Crippen LogP contribution in [-0.2, 0) is 4.79 Å².